The summed E-state index contributed by atoms with van der Waals surface area (Å²) in [4.78, 5) is 12.1. The van der Waals surface area contributed by atoms with Crippen molar-refractivity contribution in [3.63, 3.8) is 0 Å². The number of nitrogens with zero attached hydrogens (tertiary/aromatic N) is 3. The van der Waals surface area contributed by atoms with E-state index in [0.29, 0.717) is 36.4 Å². The molecule has 5 nitrogen and oxygen atoms in total. The lowest BCUT2D eigenvalue weighted by Crippen LogP contribution is -2.50. The second-order valence-electron chi connectivity index (χ2n) is 10.8. The van der Waals surface area contributed by atoms with E-state index in [1.54, 1.807) is 4.57 Å². The maximum Gasteiger partial charge on any atom is 0.491 e. The third-order valence-corrected chi connectivity index (χ3v) is 8.60. The van der Waals surface area contributed by atoms with E-state index in [2.05, 4.69) is 10.2 Å². The summed E-state index contributed by atoms with van der Waals surface area (Å²) in [6.45, 7) is 1.94. The maximum absolute atomic E-state index is 13.3. The Bertz CT molecular complexity index is 1060. The number of fused-ring (bicyclic) bond motifs is 1. The van der Waals surface area contributed by atoms with Crippen molar-refractivity contribution in [1.82, 2.24) is 14.8 Å². The van der Waals surface area contributed by atoms with Gasteiger partial charge >= 0.3 is 12.1 Å². The molecule has 4 aliphatic carbocycles. The van der Waals surface area contributed by atoms with Crippen molar-refractivity contribution < 1.29 is 22.7 Å². The van der Waals surface area contributed by atoms with Gasteiger partial charge in [-0.05, 0) is 80.8 Å². The third kappa shape index (κ3) is 3.39. The van der Waals surface area contributed by atoms with Crippen molar-refractivity contribution >= 4 is 5.97 Å². The highest BCUT2D eigenvalue weighted by molar-refractivity contribution is 5.75. The van der Waals surface area contributed by atoms with Gasteiger partial charge in [-0.25, -0.2) is 4.79 Å². The molecule has 1 aliphatic heterocycles. The highest BCUT2D eigenvalue weighted by atomic mass is 19.4. The maximum atomic E-state index is 13.3. The number of hydrogen-bond acceptors (Lipinski definition) is 4. The summed E-state index contributed by atoms with van der Waals surface area (Å²) >= 11 is 0. The standard InChI is InChI=1S/C25H28F3N3O2/c1-14-4-2-3-5-18(14)19-6-7-20-29-30-22(31(20)21(19)33-23(32)25(26,27)28)24-11-15-8-16(12-24)10-17(9-15)13-24/h2-5,15-17,19,21H,6-13H2,1H3. The van der Waals surface area contributed by atoms with E-state index in [-0.39, 0.29) is 11.3 Å². The second kappa shape index (κ2) is 7.31. The topological polar surface area (TPSA) is 57.0 Å². The van der Waals surface area contributed by atoms with Crippen molar-refractivity contribution in [1.29, 1.82) is 0 Å². The number of benzene rings is 1. The van der Waals surface area contributed by atoms with Gasteiger partial charge in [-0.1, -0.05) is 24.3 Å². The molecule has 1 aromatic carbocycles. The summed E-state index contributed by atoms with van der Waals surface area (Å²) in [6, 6.07) is 7.66. The van der Waals surface area contributed by atoms with Gasteiger partial charge < -0.3 is 4.74 Å². The minimum atomic E-state index is -5.05. The van der Waals surface area contributed by atoms with Crippen LogP contribution in [-0.2, 0) is 21.4 Å². The predicted molar refractivity (Wildman–Crippen MR) is 113 cm³/mol. The van der Waals surface area contributed by atoms with E-state index in [1.807, 2.05) is 31.2 Å². The number of aromatic nitrogens is 3. The lowest BCUT2D eigenvalue weighted by atomic mass is 9.49. The summed E-state index contributed by atoms with van der Waals surface area (Å²) in [6.07, 6.45) is 1.77. The number of aryl methyl sites for hydroxylation is 2. The number of esters is 1. The Kier molecular flexibility index (Phi) is 4.69. The SMILES string of the molecule is Cc1ccccc1C1CCc2nnc(C34CC5CC(CC(C5)C3)C4)n2C1OC(=O)C(F)(F)F. The first-order chi connectivity index (χ1) is 15.7. The first-order valence-electron chi connectivity index (χ1n) is 12.0. The van der Waals surface area contributed by atoms with Crippen LogP contribution in [0.1, 0.15) is 79.9 Å². The molecule has 1 aromatic heterocycles. The van der Waals surface area contributed by atoms with Crippen LogP contribution in [0.3, 0.4) is 0 Å². The molecule has 4 bridgehead atoms. The molecule has 0 N–H and O–H groups in total. The molecule has 8 heteroatoms. The van der Waals surface area contributed by atoms with Gasteiger partial charge in [0.15, 0.2) is 6.23 Å². The Morgan fingerprint density at radius 1 is 1.06 bits per heavy atom. The zero-order valence-electron chi connectivity index (χ0n) is 18.6. The van der Waals surface area contributed by atoms with Crippen LogP contribution in [0, 0.1) is 24.7 Å². The fourth-order valence-electron chi connectivity index (χ4n) is 7.74. The lowest BCUT2D eigenvalue weighted by molar-refractivity contribution is -0.211. The van der Waals surface area contributed by atoms with E-state index < -0.39 is 18.4 Å². The monoisotopic (exact) mass is 459 g/mol. The third-order valence-electron chi connectivity index (χ3n) is 8.60. The van der Waals surface area contributed by atoms with Crippen molar-refractivity contribution in [2.45, 2.75) is 82.0 Å². The Balaban J connectivity index is 1.46. The number of halogens is 3. The highest BCUT2D eigenvalue weighted by Crippen LogP contribution is 2.61. The smallest absolute Gasteiger partial charge is 0.434 e. The minimum absolute atomic E-state index is 0.170. The van der Waals surface area contributed by atoms with Crippen LogP contribution in [0.4, 0.5) is 13.2 Å². The molecule has 2 heterocycles. The van der Waals surface area contributed by atoms with Crippen molar-refractivity contribution in [2.24, 2.45) is 17.8 Å². The predicted octanol–water partition coefficient (Wildman–Crippen LogP) is 5.39. The van der Waals surface area contributed by atoms with E-state index >= 15 is 0 Å². The van der Waals surface area contributed by atoms with E-state index in [4.69, 9.17) is 4.74 Å². The average Bonchev–Trinajstić information content (AvgIpc) is 3.18. The number of hydrogen-bond donors (Lipinski definition) is 0. The van der Waals surface area contributed by atoms with Crippen molar-refractivity contribution in [2.75, 3.05) is 0 Å². The molecule has 2 unspecified atom stereocenters. The molecule has 4 fully saturated rings. The van der Waals surface area contributed by atoms with Gasteiger partial charge in [-0.2, -0.15) is 13.2 Å². The zero-order valence-corrected chi connectivity index (χ0v) is 18.6. The Morgan fingerprint density at radius 2 is 1.70 bits per heavy atom. The van der Waals surface area contributed by atoms with E-state index in [9.17, 15) is 18.0 Å². The normalized spacial score (nSPS) is 34.8. The number of ether oxygens (including phenoxy) is 1. The quantitative estimate of drug-likeness (QED) is 0.578. The van der Waals surface area contributed by atoms with Gasteiger partial charge in [0, 0.05) is 17.8 Å². The van der Waals surface area contributed by atoms with Crippen LogP contribution in [0.2, 0.25) is 0 Å². The molecule has 0 saturated heterocycles. The lowest BCUT2D eigenvalue weighted by Gasteiger charge is -2.56. The summed E-state index contributed by atoms with van der Waals surface area (Å²) < 4.78 is 47.0. The second-order valence-corrected chi connectivity index (χ2v) is 10.8. The van der Waals surface area contributed by atoms with E-state index in [0.717, 1.165) is 36.2 Å². The van der Waals surface area contributed by atoms with Gasteiger partial charge in [-0.15, -0.1) is 10.2 Å². The fraction of sp³-hybridized carbons (Fsp3) is 0.640. The first-order valence-corrected chi connectivity index (χ1v) is 12.0. The van der Waals surface area contributed by atoms with Gasteiger partial charge in [0.2, 0.25) is 0 Å². The molecule has 4 saturated carbocycles. The van der Waals surface area contributed by atoms with Gasteiger partial charge in [-0.3, -0.25) is 4.57 Å². The van der Waals surface area contributed by atoms with Crippen LogP contribution in [0.25, 0.3) is 0 Å². The first kappa shape index (κ1) is 21.2. The van der Waals surface area contributed by atoms with Crippen molar-refractivity contribution in [3.8, 4) is 0 Å². The molecule has 0 spiro atoms. The minimum Gasteiger partial charge on any atom is -0.434 e. The Hall–Kier alpha value is -2.38. The largest absolute Gasteiger partial charge is 0.491 e. The Labute approximate surface area is 190 Å². The number of rotatable bonds is 3. The Morgan fingerprint density at radius 3 is 2.30 bits per heavy atom. The molecule has 2 aromatic rings. The number of carbonyl (C=O) groups is 1. The molecule has 2 atom stereocenters. The van der Waals surface area contributed by atoms with Gasteiger partial charge in [0.05, 0.1) is 0 Å². The number of carbonyl (C=O) groups excluding carboxylic acids is 1. The van der Waals surface area contributed by atoms with E-state index in [1.165, 1.54) is 19.3 Å². The molecule has 5 aliphatic rings. The molecule has 33 heavy (non-hydrogen) atoms. The van der Waals surface area contributed by atoms with Gasteiger partial charge in [0.1, 0.15) is 11.6 Å². The highest BCUT2D eigenvalue weighted by Gasteiger charge is 2.55. The summed E-state index contributed by atoms with van der Waals surface area (Å²) in [5.41, 5.74) is 1.72. The summed E-state index contributed by atoms with van der Waals surface area (Å²) in [7, 11) is 0. The average molecular weight is 460 g/mol. The fourth-order valence-corrected chi connectivity index (χ4v) is 7.74. The molecular weight excluding hydrogens is 431 g/mol. The van der Waals surface area contributed by atoms with Gasteiger partial charge in [0.25, 0.3) is 0 Å². The van der Waals surface area contributed by atoms with Crippen LogP contribution < -0.4 is 0 Å². The summed E-state index contributed by atoms with van der Waals surface area (Å²) in [5, 5.41) is 9.02. The zero-order chi connectivity index (χ0) is 23.0. The number of alkyl halides is 3. The molecule has 176 valence electrons. The van der Waals surface area contributed by atoms with Crippen LogP contribution >= 0.6 is 0 Å². The molecule has 7 rings (SSSR count). The van der Waals surface area contributed by atoms with Crippen molar-refractivity contribution in [3.05, 3.63) is 47.0 Å². The molecule has 0 radical (unpaired) electrons. The summed E-state index contributed by atoms with van der Waals surface area (Å²) in [5.74, 6) is 0.793. The molecular formula is C25H28F3N3O2. The van der Waals surface area contributed by atoms with Crippen LogP contribution in [-0.4, -0.2) is 26.9 Å². The molecule has 0 amide bonds. The van der Waals surface area contributed by atoms with Crippen LogP contribution in [0.5, 0.6) is 0 Å². The van der Waals surface area contributed by atoms with Crippen LogP contribution in [0.15, 0.2) is 24.3 Å².